The van der Waals surface area contributed by atoms with Gasteiger partial charge in [-0.15, -0.1) is 0 Å². The Kier molecular flexibility index (Phi) is 4.26. The van der Waals surface area contributed by atoms with Gasteiger partial charge in [-0.2, -0.15) is 0 Å². The maximum Gasteiger partial charge on any atom is 0.229 e. The Labute approximate surface area is 158 Å². The van der Waals surface area contributed by atoms with E-state index in [0.29, 0.717) is 5.69 Å². The number of benzene rings is 2. The van der Waals surface area contributed by atoms with Crippen LogP contribution in [0, 0.1) is 5.82 Å². The Morgan fingerprint density at radius 3 is 2.78 bits per heavy atom. The molecule has 0 radical (unpaired) electrons. The van der Waals surface area contributed by atoms with E-state index in [0.717, 1.165) is 54.0 Å². The van der Waals surface area contributed by atoms with Crippen molar-refractivity contribution < 1.29 is 12.8 Å². The van der Waals surface area contributed by atoms with E-state index in [1.807, 2.05) is 24.4 Å². The molecular weight excluding hydrogens is 363 g/mol. The lowest BCUT2D eigenvalue weighted by atomic mass is 9.64. The van der Waals surface area contributed by atoms with E-state index >= 15 is 0 Å². The SMILES string of the molecule is CCC1(c2c[nH]c3c(NS(C)(=O)=O)cccc23)CCCc2cc(F)ccc21. The number of aromatic amines is 1. The van der Waals surface area contributed by atoms with Crippen LogP contribution in [0.1, 0.15) is 42.9 Å². The van der Waals surface area contributed by atoms with Crippen molar-refractivity contribution >= 4 is 26.6 Å². The Bertz CT molecular complexity index is 1120. The lowest BCUT2D eigenvalue weighted by Crippen LogP contribution is -2.31. The zero-order valence-electron chi connectivity index (χ0n) is 15.5. The Balaban J connectivity index is 1.93. The number of hydrogen-bond acceptors (Lipinski definition) is 2. The van der Waals surface area contributed by atoms with Crippen molar-refractivity contribution in [3.8, 4) is 0 Å². The van der Waals surface area contributed by atoms with Crippen LogP contribution in [0.15, 0.2) is 42.6 Å². The average Bonchev–Trinajstić information content (AvgIpc) is 3.05. The van der Waals surface area contributed by atoms with E-state index in [1.54, 1.807) is 18.2 Å². The van der Waals surface area contributed by atoms with Crippen molar-refractivity contribution in [1.29, 1.82) is 0 Å². The number of halogens is 1. The molecule has 27 heavy (non-hydrogen) atoms. The molecule has 1 aromatic heterocycles. The molecule has 1 unspecified atom stereocenters. The molecule has 4 nitrogen and oxygen atoms in total. The summed E-state index contributed by atoms with van der Waals surface area (Å²) in [5, 5.41) is 1.00. The first-order valence-corrected chi connectivity index (χ1v) is 11.1. The fraction of sp³-hybridized carbons (Fsp3) is 0.333. The third-order valence-electron chi connectivity index (χ3n) is 5.76. The number of aromatic nitrogens is 1. The maximum absolute atomic E-state index is 13.8. The second kappa shape index (κ2) is 6.37. The average molecular weight is 386 g/mol. The summed E-state index contributed by atoms with van der Waals surface area (Å²) in [6.07, 6.45) is 6.90. The van der Waals surface area contributed by atoms with Crippen LogP contribution in [0.2, 0.25) is 0 Å². The quantitative estimate of drug-likeness (QED) is 0.682. The van der Waals surface area contributed by atoms with Crippen LogP contribution in [-0.2, 0) is 21.9 Å². The highest BCUT2D eigenvalue weighted by Gasteiger charge is 2.38. The third-order valence-corrected chi connectivity index (χ3v) is 6.35. The number of H-pyrrole nitrogens is 1. The van der Waals surface area contributed by atoms with E-state index < -0.39 is 10.0 Å². The topological polar surface area (TPSA) is 62.0 Å². The number of anilines is 1. The molecule has 0 saturated carbocycles. The molecule has 0 spiro atoms. The van der Waals surface area contributed by atoms with Gasteiger partial charge in [0.15, 0.2) is 0 Å². The first kappa shape index (κ1) is 18.0. The Morgan fingerprint density at radius 2 is 2.04 bits per heavy atom. The minimum atomic E-state index is -3.37. The van der Waals surface area contributed by atoms with Gasteiger partial charge in [-0.05, 0) is 60.6 Å². The van der Waals surface area contributed by atoms with Crippen molar-refractivity contribution in [2.75, 3.05) is 11.0 Å². The monoisotopic (exact) mass is 386 g/mol. The molecular formula is C21H23FN2O2S. The molecule has 1 aliphatic carbocycles. The molecule has 4 rings (SSSR count). The fourth-order valence-corrected chi connectivity index (χ4v) is 5.19. The van der Waals surface area contributed by atoms with E-state index in [-0.39, 0.29) is 11.2 Å². The van der Waals surface area contributed by atoms with Crippen LogP contribution in [0.5, 0.6) is 0 Å². The van der Waals surface area contributed by atoms with Gasteiger partial charge in [0.25, 0.3) is 0 Å². The second-order valence-electron chi connectivity index (χ2n) is 7.40. The van der Waals surface area contributed by atoms with Crippen LogP contribution in [0.4, 0.5) is 10.1 Å². The molecule has 6 heteroatoms. The number of hydrogen-bond donors (Lipinski definition) is 2. The van der Waals surface area contributed by atoms with E-state index in [2.05, 4.69) is 16.6 Å². The molecule has 0 amide bonds. The Hall–Kier alpha value is -2.34. The number of sulfonamides is 1. The normalized spacial score (nSPS) is 19.8. The molecule has 1 aliphatic rings. The second-order valence-corrected chi connectivity index (χ2v) is 9.14. The summed E-state index contributed by atoms with van der Waals surface area (Å²) in [7, 11) is -3.37. The molecule has 3 aromatic rings. The van der Waals surface area contributed by atoms with Crippen molar-refractivity contribution in [3.63, 3.8) is 0 Å². The van der Waals surface area contributed by atoms with Gasteiger partial charge >= 0.3 is 0 Å². The zero-order chi connectivity index (χ0) is 19.2. The maximum atomic E-state index is 13.8. The van der Waals surface area contributed by atoms with Gasteiger partial charge in [-0.1, -0.05) is 25.1 Å². The minimum Gasteiger partial charge on any atom is -0.359 e. The number of aryl methyl sites for hydroxylation is 1. The highest BCUT2D eigenvalue weighted by Crippen LogP contribution is 2.48. The zero-order valence-corrected chi connectivity index (χ0v) is 16.3. The van der Waals surface area contributed by atoms with Crippen LogP contribution in [0.3, 0.4) is 0 Å². The van der Waals surface area contributed by atoms with E-state index in [9.17, 15) is 12.8 Å². The molecule has 142 valence electrons. The molecule has 0 saturated heterocycles. The molecule has 0 aliphatic heterocycles. The number of para-hydroxylation sites is 1. The Morgan fingerprint density at radius 1 is 1.22 bits per heavy atom. The minimum absolute atomic E-state index is 0.195. The molecule has 2 N–H and O–H groups in total. The van der Waals surface area contributed by atoms with E-state index in [4.69, 9.17) is 0 Å². The summed E-state index contributed by atoms with van der Waals surface area (Å²) < 4.78 is 39.8. The van der Waals surface area contributed by atoms with Gasteiger partial charge < -0.3 is 4.98 Å². The van der Waals surface area contributed by atoms with Gasteiger partial charge in [0.2, 0.25) is 10.0 Å². The summed E-state index contributed by atoms with van der Waals surface area (Å²) in [5.74, 6) is -0.195. The summed E-state index contributed by atoms with van der Waals surface area (Å²) in [6, 6.07) is 10.8. The summed E-state index contributed by atoms with van der Waals surface area (Å²) in [6.45, 7) is 2.16. The molecule has 1 atom stereocenters. The molecule has 1 heterocycles. The summed E-state index contributed by atoms with van der Waals surface area (Å²) >= 11 is 0. The number of fused-ring (bicyclic) bond motifs is 2. The first-order chi connectivity index (χ1) is 12.8. The van der Waals surface area contributed by atoms with Gasteiger partial charge in [0.05, 0.1) is 17.5 Å². The molecule has 0 bridgehead atoms. The van der Waals surface area contributed by atoms with Crippen LogP contribution in [-0.4, -0.2) is 19.7 Å². The van der Waals surface area contributed by atoms with Crippen LogP contribution >= 0.6 is 0 Å². The number of nitrogens with one attached hydrogen (secondary N) is 2. The van der Waals surface area contributed by atoms with Gasteiger partial charge in [0, 0.05) is 17.0 Å². The molecule has 0 fully saturated rings. The lowest BCUT2D eigenvalue weighted by molar-refractivity contribution is 0.415. The predicted molar refractivity (Wildman–Crippen MR) is 107 cm³/mol. The third kappa shape index (κ3) is 3.02. The van der Waals surface area contributed by atoms with Crippen molar-refractivity contribution in [2.45, 2.75) is 38.0 Å². The van der Waals surface area contributed by atoms with Crippen LogP contribution < -0.4 is 4.72 Å². The fourth-order valence-electron chi connectivity index (χ4n) is 4.62. The van der Waals surface area contributed by atoms with Crippen molar-refractivity contribution in [3.05, 3.63) is 65.1 Å². The molecule has 2 aromatic carbocycles. The first-order valence-electron chi connectivity index (χ1n) is 9.21. The summed E-state index contributed by atoms with van der Waals surface area (Å²) in [5.41, 5.74) is 4.51. The summed E-state index contributed by atoms with van der Waals surface area (Å²) in [4.78, 5) is 3.28. The highest BCUT2D eigenvalue weighted by atomic mass is 32.2. The van der Waals surface area contributed by atoms with Crippen molar-refractivity contribution in [2.24, 2.45) is 0 Å². The highest BCUT2D eigenvalue weighted by molar-refractivity contribution is 7.92. The number of rotatable bonds is 4. The standard InChI is InChI=1S/C21H23FN2O2S/c1-3-21(11-5-6-14-12-15(22)9-10-17(14)21)18-13-23-20-16(18)7-4-8-19(20)24-27(2,25)26/h4,7-10,12-13,23-24H,3,5-6,11H2,1-2H3. The lowest BCUT2D eigenvalue weighted by Gasteiger charge is -2.39. The van der Waals surface area contributed by atoms with Crippen molar-refractivity contribution in [1.82, 2.24) is 4.98 Å². The van der Waals surface area contributed by atoms with Gasteiger partial charge in [-0.3, -0.25) is 4.72 Å². The van der Waals surface area contributed by atoms with Crippen LogP contribution in [0.25, 0.3) is 10.9 Å². The van der Waals surface area contributed by atoms with Gasteiger partial charge in [-0.25, -0.2) is 12.8 Å². The largest absolute Gasteiger partial charge is 0.359 e. The smallest absolute Gasteiger partial charge is 0.229 e. The predicted octanol–water partition coefficient (Wildman–Crippen LogP) is 4.71. The van der Waals surface area contributed by atoms with E-state index in [1.165, 1.54) is 5.56 Å². The van der Waals surface area contributed by atoms with Gasteiger partial charge in [0.1, 0.15) is 5.82 Å².